The predicted molar refractivity (Wildman–Crippen MR) is 58.0 cm³/mol. The maximum atomic E-state index is 5.92. The van der Waals surface area contributed by atoms with E-state index in [0.29, 0.717) is 5.41 Å². The van der Waals surface area contributed by atoms with Crippen molar-refractivity contribution in [2.45, 2.75) is 39.0 Å². The smallest absolute Gasteiger partial charge is 0.0468 e. The molecular formula is C12H23NO. The Hall–Kier alpha value is -0.0800. The molecule has 2 rings (SSSR count). The Bertz CT molecular complexity index is 181. The van der Waals surface area contributed by atoms with Crippen LogP contribution in [0.15, 0.2) is 0 Å². The van der Waals surface area contributed by atoms with Crippen molar-refractivity contribution in [3.63, 3.8) is 0 Å². The molecule has 2 nitrogen and oxygen atoms in total. The van der Waals surface area contributed by atoms with E-state index in [4.69, 9.17) is 10.5 Å². The molecule has 1 saturated heterocycles. The minimum atomic E-state index is 0.515. The molecule has 0 atom stereocenters. The maximum Gasteiger partial charge on any atom is 0.0468 e. The van der Waals surface area contributed by atoms with Gasteiger partial charge in [0.1, 0.15) is 0 Å². The molecule has 2 N–H and O–H groups in total. The fourth-order valence-corrected chi connectivity index (χ4v) is 3.40. The summed E-state index contributed by atoms with van der Waals surface area (Å²) in [7, 11) is 0. The van der Waals surface area contributed by atoms with Gasteiger partial charge < -0.3 is 10.5 Å². The summed E-state index contributed by atoms with van der Waals surface area (Å²) >= 11 is 0. The molecule has 1 aliphatic heterocycles. The average molecular weight is 197 g/mol. The Morgan fingerprint density at radius 1 is 1.29 bits per heavy atom. The Morgan fingerprint density at radius 3 is 2.43 bits per heavy atom. The van der Waals surface area contributed by atoms with Crippen LogP contribution in [0.5, 0.6) is 0 Å². The third-order valence-corrected chi connectivity index (χ3v) is 4.06. The highest BCUT2D eigenvalue weighted by Crippen LogP contribution is 2.49. The average Bonchev–Trinajstić information content (AvgIpc) is 2.16. The summed E-state index contributed by atoms with van der Waals surface area (Å²) in [5, 5.41) is 0. The number of hydrogen-bond acceptors (Lipinski definition) is 2. The van der Waals surface area contributed by atoms with E-state index >= 15 is 0 Å². The van der Waals surface area contributed by atoms with Gasteiger partial charge in [-0.15, -0.1) is 0 Å². The van der Waals surface area contributed by atoms with E-state index in [1.807, 2.05) is 0 Å². The first-order chi connectivity index (χ1) is 6.74. The van der Waals surface area contributed by atoms with Crippen molar-refractivity contribution < 1.29 is 4.74 Å². The lowest BCUT2D eigenvalue weighted by Crippen LogP contribution is -2.44. The number of ether oxygens (including phenoxy) is 1. The van der Waals surface area contributed by atoms with Gasteiger partial charge in [0.05, 0.1) is 0 Å². The highest BCUT2D eigenvalue weighted by molar-refractivity contribution is 4.94. The third kappa shape index (κ3) is 2.12. The van der Waals surface area contributed by atoms with Gasteiger partial charge in [0.15, 0.2) is 0 Å². The molecule has 1 heterocycles. The molecule has 0 unspecified atom stereocenters. The van der Waals surface area contributed by atoms with E-state index in [1.165, 1.54) is 32.1 Å². The molecule has 0 spiro atoms. The molecule has 0 amide bonds. The summed E-state index contributed by atoms with van der Waals surface area (Å²) in [6.07, 6.45) is 6.60. The van der Waals surface area contributed by atoms with Gasteiger partial charge in [-0.2, -0.15) is 0 Å². The zero-order chi connectivity index (χ0) is 10.0. The number of hydrogen-bond donors (Lipinski definition) is 1. The first kappa shape index (κ1) is 10.4. The Labute approximate surface area is 87.2 Å². The maximum absolute atomic E-state index is 5.92. The standard InChI is InChI=1S/C12H23NO/c1-10-6-12(7-10,9-13)8-11-2-4-14-5-3-11/h10-11H,2-9,13H2,1H3. The molecule has 0 aromatic heterocycles. The number of nitrogens with two attached hydrogens (primary N) is 1. The largest absolute Gasteiger partial charge is 0.381 e. The van der Waals surface area contributed by atoms with Crippen molar-refractivity contribution in [3.8, 4) is 0 Å². The van der Waals surface area contributed by atoms with E-state index in [-0.39, 0.29) is 0 Å². The minimum absolute atomic E-state index is 0.515. The Kier molecular flexibility index (Phi) is 3.13. The zero-order valence-electron chi connectivity index (χ0n) is 9.30. The lowest BCUT2D eigenvalue weighted by atomic mass is 9.58. The van der Waals surface area contributed by atoms with Gasteiger partial charge in [-0.3, -0.25) is 0 Å². The van der Waals surface area contributed by atoms with Gasteiger partial charge >= 0.3 is 0 Å². The summed E-state index contributed by atoms with van der Waals surface area (Å²) in [6, 6.07) is 0. The second-order valence-electron chi connectivity index (χ2n) is 5.48. The zero-order valence-corrected chi connectivity index (χ0v) is 9.30. The van der Waals surface area contributed by atoms with Crippen LogP contribution >= 0.6 is 0 Å². The summed E-state index contributed by atoms with van der Waals surface area (Å²) in [5.74, 6) is 1.80. The SMILES string of the molecule is CC1CC(CN)(CC2CCOCC2)C1. The van der Waals surface area contributed by atoms with Crippen molar-refractivity contribution in [2.75, 3.05) is 19.8 Å². The highest BCUT2D eigenvalue weighted by Gasteiger charge is 2.42. The van der Waals surface area contributed by atoms with Gasteiger partial charge in [0, 0.05) is 13.2 Å². The van der Waals surface area contributed by atoms with Crippen LogP contribution in [-0.4, -0.2) is 19.8 Å². The van der Waals surface area contributed by atoms with Crippen LogP contribution in [0.2, 0.25) is 0 Å². The van der Waals surface area contributed by atoms with E-state index < -0.39 is 0 Å². The summed E-state index contributed by atoms with van der Waals surface area (Å²) < 4.78 is 5.39. The van der Waals surface area contributed by atoms with Crippen LogP contribution in [0.3, 0.4) is 0 Å². The van der Waals surface area contributed by atoms with Gasteiger partial charge in [0.25, 0.3) is 0 Å². The number of rotatable bonds is 3. The topological polar surface area (TPSA) is 35.2 Å². The van der Waals surface area contributed by atoms with Crippen LogP contribution in [0.25, 0.3) is 0 Å². The van der Waals surface area contributed by atoms with Crippen LogP contribution in [0, 0.1) is 17.3 Å². The summed E-state index contributed by atoms with van der Waals surface area (Å²) in [4.78, 5) is 0. The fraction of sp³-hybridized carbons (Fsp3) is 1.00. The molecule has 0 radical (unpaired) electrons. The van der Waals surface area contributed by atoms with Crippen LogP contribution in [-0.2, 0) is 4.74 Å². The molecule has 0 aromatic carbocycles. The van der Waals surface area contributed by atoms with Gasteiger partial charge in [-0.25, -0.2) is 0 Å². The molecule has 2 aliphatic rings. The molecule has 1 aliphatic carbocycles. The van der Waals surface area contributed by atoms with Crippen molar-refractivity contribution in [1.82, 2.24) is 0 Å². The minimum Gasteiger partial charge on any atom is -0.381 e. The van der Waals surface area contributed by atoms with Crippen molar-refractivity contribution in [1.29, 1.82) is 0 Å². The van der Waals surface area contributed by atoms with Gasteiger partial charge in [0.2, 0.25) is 0 Å². The second kappa shape index (κ2) is 4.19. The molecule has 82 valence electrons. The van der Waals surface area contributed by atoms with E-state index in [2.05, 4.69) is 6.92 Å². The molecule has 0 aromatic rings. The van der Waals surface area contributed by atoms with Gasteiger partial charge in [-0.1, -0.05) is 6.92 Å². The van der Waals surface area contributed by atoms with E-state index in [0.717, 1.165) is 31.6 Å². The molecule has 2 heteroatoms. The predicted octanol–water partition coefficient (Wildman–Crippen LogP) is 2.18. The Balaban J connectivity index is 1.82. The summed E-state index contributed by atoms with van der Waals surface area (Å²) in [6.45, 7) is 5.19. The highest BCUT2D eigenvalue weighted by atomic mass is 16.5. The summed E-state index contributed by atoms with van der Waals surface area (Å²) in [5.41, 5.74) is 6.43. The van der Waals surface area contributed by atoms with Crippen LogP contribution < -0.4 is 5.73 Å². The first-order valence-corrected chi connectivity index (χ1v) is 6.02. The normalized spacial score (nSPS) is 39.4. The molecule has 14 heavy (non-hydrogen) atoms. The van der Waals surface area contributed by atoms with E-state index in [1.54, 1.807) is 0 Å². The van der Waals surface area contributed by atoms with Crippen LogP contribution in [0.1, 0.15) is 39.0 Å². The van der Waals surface area contributed by atoms with Crippen molar-refractivity contribution in [2.24, 2.45) is 23.0 Å². The van der Waals surface area contributed by atoms with E-state index in [9.17, 15) is 0 Å². The molecule has 1 saturated carbocycles. The fourth-order valence-electron chi connectivity index (χ4n) is 3.40. The second-order valence-corrected chi connectivity index (χ2v) is 5.48. The lowest BCUT2D eigenvalue weighted by Gasteiger charge is -2.48. The lowest BCUT2D eigenvalue weighted by molar-refractivity contribution is 0.00553. The monoisotopic (exact) mass is 197 g/mol. The quantitative estimate of drug-likeness (QED) is 0.752. The third-order valence-electron chi connectivity index (χ3n) is 4.06. The van der Waals surface area contributed by atoms with Gasteiger partial charge in [-0.05, 0) is 55.9 Å². The molecule has 0 bridgehead atoms. The Morgan fingerprint density at radius 2 is 1.93 bits per heavy atom. The first-order valence-electron chi connectivity index (χ1n) is 6.02. The molecular weight excluding hydrogens is 174 g/mol. The van der Waals surface area contributed by atoms with Crippen molar-refractivity contribution in [3.05, 3.63) is 0 Å². The van der Waals surface area contributed by atoms with Crippen LogP contribution in [0.4, 0.5) is 0 Å². The molecule has 2 fully saturated rings. The van der Waals surface area contributed by atoms with Crippen molar-refractivity contribution >= 4 is 0 Å².